The van der Waals surface area contributed by atoms with Crippen molar-refractivity contribution in [1.29, 1.82) is 0 Å². The fourth-order valence-electron chi connectivity index (χ4n) is 11.7. The predicted octanol–water partition coefficient (Wildman–Crippen LogP) is 14.9. The van der Waals surface area contributed by atoms with E-state index < -0.39 is 0 Å². The van der Waals surface area contributed by atoms with Gasteiger partial charge in [-0.25, -0.2) is 0 Å². The van der Waals surface area contributed by atoms with Crippen molar-refractivity contribution in [3.05, 3.63) is 173 Å². The first-order valence-corrected chi connectivity index (χ1v) is 23.0. The standard InChI is InChI=1S/C59H56BN3/c1-56(2,3)35-25-28-39(29-26-35)62-49-33-37(58(7,8)9)32-44-51-50-41-22-16-18-24-46(41)61(38-19-13-12-14-20-38)48(50)34-43-42-31-36(57(4,5)6)27-30-47(42)63(53(43)51)60(52(44)49)55-54(62)40-21-15-17-23-45(40)59(55,10)11/h12-34H,1-11H3. The summed E-state index contributed by atoms with van der Waals surface area (Å²) in [4.78, 5) is 2.67. The topological polar surface area (TPSA) is 13.1 Å². The molecule has 0 atom stereocenters. The van der Waals surface area contributed by atoms with E-state index in [9.17, 15) is 0 Å². The molecule has 0 unspecified atom stereocenters. The van der Waals surface area contributed by atoms with Crippen LogP contribution in [0.4, 0.5) is 11.4 Å². The molecule has 0 saturated carbocycles. The van der Waals surface area contributed by atoms with Crippen molar-refractivity contribution in [2.45, 2.75) is 97.8 Å². The van der Waals surface area contributed by atoms with E-state index in [0.717, 1.165) is 0 Å². The largest absolute Gasteiger partial charge is 0.376 e. The highest BCUT2D eigenvalue weighted by Crippen LogP contribution is 2.58. The molecule has 0 spiro atoms. The van der Waals surface area contributed by atoms with Gasteiger partial charge in [-0.2, -0.15) is 0 Å². The molecule has 63 heavy (non-hydrogen) atoms. The molecular formula is C59H56BN3. The van der Waals surface area contributed by atoms with Crippen molar-refractivity contribution in [2.75, 3.05) is 4.90 Å². The molecule has 2 aromatic heterocycles. The first-order chi connectivity index (χ1) is 29.9. The summed E-state index contributed by atoms with van der Waals surface area (Å²) in [6.07, 6.45) is 0. The number of rotatable bonds is 2. The van der Waals surface area contributed by atoms with Crippen molar-refractivity contribution in [3.63, 3.8) is 0 Å². The van der Waals surface area contributed by atoms with Crippen LogP contribution in [0.2, 0.25) is 0 Å². The highest BCUT2D eigenvalue weighted by Gasteiger charge is 2.53. The van der Waals surface area contributed by atoms with Gasteiger partial charge in [-0.15, -0.1) is 0 Å². The van der Waals surface area contributed by atoms with Crippen LogP contribution < -0.4 is 10.4 Å². The minimum absolute atomic E-state index is 0.00886. The summed E-state index contributed by atoms with van der Waals surface area (Å²) in [5.74, 6) is 0. The van der Waals surface area contributed by atoms with Crippen molar-refractivity contribution < 1.29 is 0 Å². The molecule has 0 radical (unpaired) electrons. The summed E-state index contributed by atoms with van der Waals surface area (Å²) in [7, 11) is 0. The Hall–Kier alpha value is -6.26. The Morgan fingerprint density at radius 3 is 1.86 bits per heavy atom. The van der Waals surface area contributed by atoms with Crippen LogP contribution in [0, 0.1) is 0 Å². The molecule has 0 N–H and O–H groups in total. The number of hydrogen-bond donors (Lipinski definition) is 0. The van der Waals surface area contributed by atoms with Gasteiger partial charge in [0.05, 0.1) is 11.0 Å². The second kappa shape index (κ2) is 12.5. The molecule has 7 aromatic carbocycles. The van der Waals surface area contributed by atoms with Crippen LogP contribution in [0.1, 0.15) is 104 Å². The van der Waals surface area contributed by atoms with Crippen molar-refractivity contribution in [2.24, 2.45) is 0 Å². The Kier molecular flexibility index (Phi) is 7.61. The van der Waals surface area contributed by atoms with Gasteiger partial charge in [0, 0.05) is 71.9 Å². The minimum atomic E-state index is -0.253. The van der Waals surface area contributed by atoms with Crippen molar-refractivity contribution in [3.8, 4) is 16.8 Å². The summed E-state index contributed by atoms with van der Waals surface area (Å²) in [5, 5.41) is 5.26. The van der Waals surface area contributed by atoms with E-state index in [4.69, 9.17) is 0 Å². The van der Waals surface area contributed by atoms with Crippen LogP contribution in [0.5, 0.6) is 0 Å². The fraction of sp³-hybridized carbons (Fsp3) is 0.254. The molecule has 3 nitrogen and oxygen atoms in total. The molecule has 4 heterocycles. The lowest BCUT2D eigenvalue weighted by Crippen LogP contribution is -2.52. The highest BCUT2D eigenvalue weighted by molar-refractivity contribution is 6.86. The Morgan fingerprint density at radius 1 is 0.492 bits per heavy atom. The fourth-order valence-corrected chi connectivity index (χ4v) is 11.7. The number of aromatic nitrogens is 2. The van der Waals surface area contributed by atoms with Gasteiger partial charge in [0.25, 0.3) is 0 Å². The first kappa shape index (κ1) is 38.4. The van der Waals surface area contributed by atoms with E-state index in [-0.39, 0.29) is 28.5 Å². The zero-order valence-corrected chi connectivity index (χ0v) is 38.7. The molecule has 1 aliphatic carbocycles. The SMILES string of the molecule is CC(C)(C)c1ccc(N2C3=C(B4c5c(cc(C(C)(C)C)cc52)-c2c5c6ccccc6n(-c6ccccc6)c5cc5c6cc(C(C)(C)C)ccc6n4c25)C(C)(C)c2ccccc23)cc1. The normalized spacial score (nSPS) is 15.5. The van der Waals surface area contributed by atoms with Gasteiger partial charge in [0.15, 0.2) is 0 Å². The number of benzene rings is 7. The Bertz CT molecular complexity index is 3460. The molecule has 310 valence electrons. The van der Waals surface area contributed by atoms with E-state index in [1.165, 1.54) is 116 Å². The van der Waals surface area contributed by atoms with Crippen molar-refractivity contribution in [1.82, 2.24) is 9.05 Å². The molecule has 0 fully saturated rings. The van der Waals surface area contributed by atoms with E-state index in [1.54, 1.807) is 0 Å². The molecule has 9 aromatic rings. The molecule has 12 rings (SSSR count). The lowest BCUT2D eigenvalue weighted by Gasteiger charge is -2.44. The van der Waals surface area contributed by atoms with Crippen LogP contribution in [-0.4, -0.2) is 15.9 Å². The highest BCUT2D eigenvalue weighted by atomic mass is 15.2. The third-order valence-corrected chi connectivity index (χ3v) is 14.9. The third kappa shape index (κ3) is 5.15. The van der Waals surface area contributed by atoms with Gasteiger partial charge in [0.1, 0.15) is 0 Å². The summed E-state index contributed by atoms with van der Waals surface area (Å²) in [6.45, 7) is 26.1. The van der Waals surface area contributed by atoms with Gasteiger partial charge >= 0.3 is 6.85 Å². The van der Waals surface area contributed by atoms with Crippen LogP contribution >= 0.6 is 0 Å². The van der Waals surface area contributed by atoms with Crippen LogP contribution in [0.3, 0.4) is 0 Å². The molecule has 3 aliphatic rings. The monoisotopic (exact) mass is 817 g/mol. The Morgan fingerprint density at radius 2 is 1.14 bits per heavy atom. The number of allylic oxidation sites excluding steroid dienone is 1. The number of para-hydroxylation sites is 2. The zero-order valence-electron chi connectivity index (χ0n) is 38.7. The lowest BCUT2D eigenvalue weighted by atomic mass is 9.40. The summed E-state index contributed by atoms with van der Waals surface area (Å²) >= 11 is 0. The summed E-state index contributed by atoms with van der Waals surface area (Å²) in [6, 6.07) is 53.9. The molecule has 0 amide bonds. The van der Waals surface area contributed by atoms with Gasteiger partial charge < -0.3 is 13.9 Å². The zero-order chi connectivity index (χ0) is 43.7. The van der Waals surface area contributed by atoms with E-state index >= 15 is 0 Å². The summed E-state index contributed by atoms with van der Waals surface area (Å²) in [5.41, 5.74) is 22.1. The van der Waals surface area contributed by atoms with Gasteiger partial charge in [-0.3, -0.25) is 0 Å². The van der Waals surface area contributed by atoms with Gasteiger partial charge in [0.2, 0.25) is 0 Å². The maximum Gasteiger partial charge on any atom is 0.329 e. The minimum Gasteiger partial charge on any atom is -0.376 e. The summed E-state index contributed by atoms with van der Waals surface area (Å²) < 4.78 is 5.32. The molecule has 2 aliphatic heterocycles. The Balaban J connectivity index is 1.33. The quantitative estimate of drug-likeness (QED) is 0.158. The second-order valence-electron chi connectivity index (χ2n) is 22.3. The van der Waals surface area contributed by atoms with Crippen LogP contribution in [-0.2, 0) is 21.7 Å². The van der Waals surface area contributed by atoms with Gasteiger partial charge in [-0.05, 0) is 110 Å². The molecule has 0 bridgehead atoms. The van der Waals surface area contributed by atoms with Crippen LogP contribution in [0.25, 0.3) is 66.1 Å². The third-order valence-electron chi connectivity index (χ3n) is 14.9. The first-order valence-electron chi connectivity index (χ1n) is 23.0. The number of nitrogens with zero attached hydrogens (tertiary/aromatic N) is 3. The maximum atomic E-state index is 2.80. The molecule has 4 heteroatoms. The average molecular weight is 818 g/mol. The van der Waals surface area contributed by atoms with Crippen LogP contribution in [0.15, 0.2) is 145 Å². The maximum absolute atomic E-state index is 2.80. The van der Waals surface area contributed by atoms with E-state index in [0.29, 0.717) is 0 Å². The number of fused-ring (bicyclic) bond motifs is 12. The Labute approximate surface area is 372 Å². The number of anilines is 2. The van der Waals surface area contributed by atoms with Crippen molar-refractivity contribution >= 4 is 73.0 Å². The lowest BCUT2D eigenvalue weighted by molar-refractivity contribution is 0.590. The van der Waals surface area contributed by atoms with Gasteiger partial charge in [-0.1, -0.05) is 161 Å². The molecular weight excluding hydrogens is 761 g/mol. The van der Waals surface area contributed by atoms with E-state index in [1.807, 2.05) is 0 Å². The number of hydrogen-bond acceptors (Lipinski definition) is 1. The average Bonchev–Trinajstić information content (AvgIpc) is 3.84. The van der Waals surface area contributed by atoms with E-state index in [2.05, 4.69) is 230 Å². The predicted molar refractivity (Wildman–Crippen MR) is 271 cm³/mol. The second-order valence-corrected chi connectivity index (χ2v) is 22.3. The smallest absolute Gasteiger partial charge is 0.329 e. The molecule has 0 saturated heterocycles.